The number of allylic oxidation sites excluding steroid dienone is 3. The molecular weight excluding hydrogens is 364 g/mol. The maximum Gasteiger partial charge on any atom is 0.313 e. The highest BCUT2D eigenvalue weighted by Crippen LogP contribution is 2.49. The molecule has 0 unspecified atom stereocenters. The number of rotatable bonds is 13. The number of thioether (sulfide) groups is 1. The maximum atomic E-state index is 10.6. The molecule has 4 atom stereocenters. The summed E-state index contributed by atoms with van der Waals surface area (Å²) in [6.45, 7) is 0.807. The van der Waals surface area contributed by atoms with Crippen LogP contribution >= 0.6 is 11.8 Å². The van der Waals surface area contributed by atoms with Crippen molar-refractivity contribution in [2.24, 2.45) is 17.8 Å². The fraction of sp³-hybridized carbons (Fsp3) is 0.762. The second-order valence-corrected chi connectivity index (χ2v) is 8.82. The minimum absolute atomic E-state index is 0.149. The molecule has 1 saturated carbocycles. The first-order valence-corrected chi connectivity index (χ1v) is 11.2. The molecule has 0 amide bonds. The molecule has 154 valence electrons. The van der Waals surface area contributed by atoms with E-state index in [0.717, 1.165) is 63.7 Å². The first kappa shape index (κ1) is 22.3. The van der Waals surface area contributed by atoms with Crippen LogP contribution in [0.4, 0.5) is 0 Å². The molecule has 6 heteroatoms. The van der Waals surface area contributed by atoms with E-state index < -0.39 is 12.1 Å². The number of aliphatic carboxylic acids is 1. The number of ether oxygens (including phenoxy) is 1. The largest absolute Gasteiger partial charge is 0.512 e. The predicted molar refractivity (Wildman–Crippen MR) is 109 cm³/mol. The van der Waals surface area contributed by atoms with Gasteiger partial charge in [-0.2, -0.15) is 0 Å². The monoisotopic (exact) mass is 398 g/mol. The normalized spacial score (nSPS) is 27.6. The molecule has 27 heavy (non-hydrogen) atoms. The Morgan fingerprint density at radius 2 is 2.07 bits per heavy atom. The first-order valence-electron chi connectivity index (χ1n) is 10.1. The third-order valence-electron chi connectivity index (χ3n) is 5.66. The SMILES string of the molecule is COCCCCCCC=C(O)[C@H]1[C@@H]2C=C(CCSCC(=O)O)C[C@@H]2C[C@@H]1O. The van der Waals surface area contributed by atoms with Crippen LogP contribution < -0.4 is 0 Å². The van der Waals surface area contributed by atoms with Crippen LogP contribution in [-0.4, -0.2) is 52.6 Å². The average molecular weight is 399 g/mol. The van der Waals surface area contributed by atoms with Crippen LogP contribution in [0.25, 0.3) is 0 Å². The number of hydrogen-bond acceptors (Lipinski definition) is 5. The number of carboxylic acid groups (broad SMARTS) is 1. The van der Waals surface area contributed by atoms with E-state index in [-0.39, 0.29) is 17.6 Å². The zero-order valence-electron chi connectivity index (χ0n) is 16.3. The number of unbranched alkanes of at least 4 members (excludes halogenated alkanes) is 4. The van der Waals surface area contributed by atoms with Crippen LogP contribution in [0, 0.1) is 17.8 Å². The third-order valence-corrected chi connectivity index (χ3v) is 6.60. The lowest BCUT2D eigenvalue weighted by atomic mass is 9.90. The van der Waals surface area contributed by atoms with Crippen LogP contribution in [-0.2, 0) is 9.53 Å². The quantitative estimate of drug-likeness (QED) is 0.245. The van der Waals surface area contributed by atoms with Gasteiger partial charge in [-0.05, 0) is 62.2 Å². The Morgan fingerprint density at radius 1 is 1.30 bits per heavy atom. The van der Waals surface area contributed by atoms with E-state index in [9.17, 15) is 15.0 Å². The lowest BCUT2D eigenvalue weighted by Gasteiger charge is -2.19. The number of aliphatic hydroxyl groups is 2. The molecule has 0 bridgehead atoms. The Labute approximate surface area is 166 Å². The molecule has 0 heterocycles. The van der Waals surface area contributed by atoms with Crippen LogP contribution in [0.5, 0.6) is 0 Å². The third kappa shape index (κ3) is 7.16. The standard InChI is InChI=1S/C21H34O5S/c1-26-9-6-4-2-3-5-7-18(22)21-17-12-15(8-10-27-14-20(24)25)11-16(17)13-19(21)23/h7,12,16-17,19,21-23H,2-6,8-11,13-14H2,1H3,(H,24,25)/t16-,17-,19+,21-/m1/s1. The minimum atomic E-state index is -0.769. The summed E-state index contributed by atoms with van der Waals surface area (Å²) in [4.78, 5) is 10.6. The Bertz CT molecular complexity index is 531. The van der Waals surface area contributed by atoms with E-state index >= 15 is 0 Å². The molecule has 0 aromatic heterocycles. The molecule has 5 nitrogen and oxygen atoms in total. The van der Waals surface area contributed by atoms with E-state index in [1.807, 2.05) is 6.08 Å². The number of methoxy groups -OCH3 is 1. The second-order valence-electron chi connectivity index (χ2n) is 7.72. The maximum absolute atomic E-state index is 10.6. The summed E-state index contributed by atoms with van der Waals surface area (Å²) in [6.07, 6.45) is 11.5. The second kappa shape index (κ2) is 11.8. The molecule has 0 radical (unpaired) electrons. The van der Waals surface area contributed by atoms with Crippen molar-refractivity contribution in [2.75, 3.05) is 25.2 Å². The highest BCUT2D eigenvalue weighted by Gasteiger charge is 2.46. The molecule has 0 aromatic rings. The molecule has 0 saturated heterocycles. The number of fused-ring (bicyclic) bond motifs is 1. The summed E-state index contributed by atoms with van der Waals surface area (Å²) in [7, 11) is 1.72. The van der Waals surface area contributed by atoms with Crippen LogP contribution in [0.15, 0.2) is 23.5 Å². The van der Waals surface area contributed by atoms with Gasteiger partial charge in [0.15, 0.2) is 0 Å². The number of carbonyl (C=O) groups is 1. The molecule has 2 aliphatic rings. The summed E-state index contributed by atoms with van der Waals surface area (Å²) in [5.41, 5.74) is 1.35. The molecule has 2 aliphatic carbocycles. The van der Waals surface area contributed by atoms with Crippen molar-refractivity contribution >= 4 is 17.7 Å². The van der Waals surface area contributed by atoms with Gasteiger partial charge in [0.1, 0.15) is 0 Å². The Morgan fingerprint density at radius 3 is 2.81 bits per heavy atom. The topological polar surface area (TPSA) is 87.0 Å². The van der Waals surface area contributed by atoms with Gasteiger partial charge in [-0.25, -0.2) is 0 Å². The van der Waals surface area contributed by atoms with Crippen molar-refractivity contribution in [1.29, 1.82) is 0 Å². The summed E-state index contributed by atoms with van der Waals surface area (Å²) in [5, 5.41) is 29.7. The molecule has 3 N–H and O–H groups in total. The molecule has 0 aliphatic heterocycles. The number of hydrogen-bond donors (Lipinski definition) is 3. The van der Waals surface area contributed by atoms with Crippen molar-refractivity contribution in [2.45, 2.75) is 57.5 Å². The van der Waals surface area contributed by atoms with Gasteiger partial charge in [-0.15, -0.1) is 11.8 Å². The first-order chi connectivity index (χ1) is 13.0. The van der Waals surface area contributed by atoms with Gasteiger partial charge < -0.3 is 20.1 Å². The highest BCUT2D eigenvalue weighted by molar-refractivity contribution is 7.99. The zero-order chi connectivity index (χ0) is 19.6. The molecular formula is C21H34O5S. The van der Waals surface area contributed by atoms with Crippen LogP contribution in [0.3, 0.4) is 0 Å². The summed E-state index contributed by atoms with van der Waals surface area (Å²) < 4.78 is 5.04. The highest BCUT2D eigenvalue weighted by atomic mass is 32.2. The predicted octanol–water partition coefficient (Wildman–Crippen LogP) is 4.18. The van der Waals surface area contributed by atoms with Crippen molar-refractivity contribution in [1.82, 2.24) is 0 Å². The number of aliphatic hydroxyl groups excluding tert-OH is 2. The van der Waals surface area contributed by atoms with E-state index in [4.69, 9.17) is 9.84 Å². The van der Waals surface area contributed by atoms with Gasteiger partial charge in [0.05, 0.1) is 17.6 Å². The Balaban J connectivity index is 1.78. The van der Waals surface area contributed by atoms with Crippen molar-refractivity contribution in [3.05, 3.63) is 23.5 Å². The average Bonchev–Trinajstić information content (AvgIpc) is 3.13. The summed E-state index contributed by atoms with van der Waals surface area (Å²) in [5.74, 6) is 1.00. The fourth-order valence-electron chi connectivity index (χ4n) is 4.37. The van der Waals surface area contributed by atoms with Gasteiger partial charge in [0.25, 0.3) is 0 Å². The molecule has 2 rings (SSSR count). The smallest absolute Gasteiger partial charge is 0.313 e. The van der Waals surface area contributed by atoms with Gasteiger partial charge in [0.2, 0.25) is 0 Å². The van der Waals surface area contributed by atoms with E-state index in [0.29, 0.717) is 11.7 Å². The lowest BCUT2D eigenvalue weighted by Crippen LogP contribution is -2.20. The van der Waals surface area contributed by atoms with Crippen molar-refractivity contribution < 1.29 is 24.9 Å². The molecule has 1 fully saturated rings. The molecule has 0 spiro atoms. The van der Waals surface area contributed by atoms with Gasteiger partial charge in [-0.3, -0.25) is 4.79 Å². The Hall–Kier alpha value is -0.980. The van der Waals surface area contributed by atoms with E-state index in [1.54, 1.807) is 7.11 Å². The Kier molecular flexibility index (Phi) is 9.73. The van der Waals surface area contributed by atoms with Crippen LogP contribution in [0.2, 0.25) is 0 Å². The summed E-state index contributed by atoms with van der Waals surface area (Å²) >= 11 is 1.45. The van der Waals surface area contributed by atoms with E-state index in [1.165, 1.54) is 17.3 Å². The van der Waals surface area contributed by atoms with Crippen molar-refractivity contribution in [3.8, 4) is 0 Å². The van der Waals surface area contributed by atoms with Crippen LogP contribution in [0.1, 0.15) is 51.4 Å². The van der Waals surface area contributed by atoms with Gasteiger partial charge in [0, 0.05) is 19.6 Å². The lowest BCUT2D eigenvalue weighted by molar-refractivity contribution is -0.133. The zero-order valence-corrected chi connectivity index (χ0v) is 17.1. The number of carboxylic acids is 1. The summed E-state index contributed by atoms with van der Waals surface area (Å²) in [6, 6.07) is 0. The van der Waals surface area contributed by atoms with Gasteiger partial charge >= 0.3 is 5.97 Å². The van der Waals surface area contributed by atoms with Gasteiger partial charge in [-0.1, -0.05) is 24.5 Å². The minimum Gasteiger partial charge on any atom is -0.512 e. The van der Waals surface area contributed by atoms with E-state index in [2.05, 4.69) is 6.08 Å². The fourth-order valence-corrected chi connectivity index (χ4v) is 5.10. The van der Waals surface area contributed by atoms with Crippen molar-refractivity contribution in [3.63, 3.8) is 0 Å². The molecule has 0 aromatic carbocycles.